The Morgan fingerprint density at radius 3 is 2.53 bits per heavy atom. The molecular weight excluding hydrogens is 456 g/mol. The van der Waals surface area contributed by atoms with Crippen LogP contribution >= 0.6 is 11.6 Å². The molecule has 0 bridgehead atoms. The molecule has 34 heavy (non-hydrogen) atoms. The first-order chi connectivity index (χ1) is 16.5. The van der Waals surface area contributed by atoms with Gasteiger partial charge in [0.05, 0.1) is 0 Å². The van der Waals surface area contributed by atoms with Crippen molar-refractivity contribution < 1.29 is 13.7 Å². The molecule has 0 unspecified atom stereocenters. The Hall–Kier alpha value is -3.46. The number of hydrogen-bond donors (Lipinski definition) is 0. The van der Waals surface area contributed by atoms with Crippen molar-refractivity contribution in [2.45, 2.75) is 26.2 Å². The summed E-state index contributed by atoms with van der Waals surface area (Å²) in [5, 5.41) is 4.48. The smallest absolute Gasteiger partial charge is 0.300 e. The van der Waals surface area contributed by atoms with Gasteiger partial charge in [0.2, 0.25) is 17.4 Å². The number of amides is 1. The van der Waals surface area contributed by atoms with Crippen LogP contribution < -0.4 is 4.90 Å². The number of carbonyl (C=O) groups is 1. The first-order valence-corrected chi connectivity index (χ1v) is 11.7. The molecule has 6 rings (SSSR count). The fourth-order valence-electron chi connectivity index (χ4n) is 4.16. The average molecular weight is 479 g/mol. The van der Waals surface area contributed by atoms with E-state index in [2.05, 4.69) is 27.0 Å². The predicted octanol–water partition coefficient (Wildman–Crippen LogP) is 4.23. The molecule has 2 fully saturated rings. The van der Waals surface area contributed by atoms with E-state index in [9.17, 15) is 4.79 Å². The van der Waals surface area contributed by atoms with Crippen LogP contribution in [0.2, 0.25) is 5.15 Å². The molecule has 3 aromatic heterocycles. The van der Waals surface area contributed by atoms with E-state index in [1.54, 1.807) is 12.1 Å². The van der Waals surface area contributed by atoms with E-state index in [1.807, 2.05) is 34.1 Å². The number of hydrogen-bond acceptors (Lipinski definition) is 8. The fraction of sp³-hybridized carbons (Fsp3) is 0.375. The Morgan fingerprint density at radius 1 is 1.03 bits per heavy atom. The maximum Gasteiger partial charge on any atom is 0.300 e. The van der Waals surface area contributed by atoms with Crippen molar-refractivity contribution in [1.82, 2.24) is 25.0 Å². The van der Waals surface area contributed by atoms with Crippen LogP contribution in [-0.4, -0.2) is 57.1 Å². The number of carbonyl (C=O) groups excluding carboxylic acids is 1. The van der Waals surface area contributed by atoms with E-state index < -0.39 is 0 Å². The van der Waals surface area contributed by atoms with Crippen LogP contribution in [0.3, 0.4) is 0 Å². The third kappa shape index (κ3) is 4.11. The van der Waals surface area contributed by atoms with Gasteiger partial charge < -0.3 is 18.7 Å². The average Bonchev–Trinajstić information content (AvgIpc) is 3.22. The summed E-state index contributed by atoms with van der Waals surface area (Å²) in [5.41, 5.74) is 2.86. The second-order valence-electron chi connectivity index (χ2n) is 9.31. The number of fused-ring (bicyclic) bond motifs is 1. The number of aromatic nitrogens is 4. The molecule has 1 amide bonds. The van der Waals surface area contributed by atoms with Gasteiger partial charge in [0, 0.05) is 43.7 Å². The first kappa shape index (κ1) is 21.1. The monoisotopic (exact) mass is 478 g/mol. The molecule has 0 atom stereocenters. The van der Waals surface area contributed by atoms with Crippen molar-refractivity contribution in [3.8, 4) is 11.4 Å². The minimum Gasteiger partial charge on any atom is -0.422 e. The molecule has 1 saturated carbocycles. The SMILES string of the molecule is CC1(Cc2nc(-c3ccc(C(=O)N4CCN(c5nc6nc(Cl)ccc6o5)CC4)cc3)no2)CC1. The summed E-state index contributed by atoms with van der Waals surface area (Å²) in [6.45, 7) is 4.61. The standard InChI is InChI=1S/C24H23ClN6O3/c1-24(8-9-24)14-19-27-20(29-34-19)15-2-4-16(5-3-15)22(32)30-10-12-31(13-11-30)23-28-21-17(33-23)6-7-18(25)26-21/h2-7H,8-14H2,1H3. The summed E-state index contributed by atoms with van der Waals surface area (Å²) in [5.74, 6) is 1.22. The van der Waals surface area contributed by atoms with Crippen molar-refractivity contribution in [3.05, 3.63) is 53.0 Å². The zero-order valence-electron chi connectivity index (χ0n) is 18.7. The zero-order chi connectivity index (χ0) is 23.3. The maximum atomic E-state index is 13.0. The van der Waals surface area contributed by atoms with Crippen molar-refractivity contribution in [1.29, 1.82) is 0 Å². The molecule has 9 nitrogen and oxygen atoms in total. The van der Waals surface area contributed by atoms with Gasteiger partial charge in [0.25, 0.3) is 11.9 Å². The molecule has 174 valence electrons. The van der Waals surface area contributed by atoms with Crippen LogP contribution in [0, 0.1) is 5.41 Å². The predicted molar refractivity (Wildman–Crippen MR) is 126 cm³/mol. The summed E-state index contributed by atoms with van der Waals surface area (Å²) >= 11 is 5.93. The van der Waals surface area contributed by atoms with Gasteiger partial charge in [0.1, 0.15) is 5.15 Å². The lowest BCUT2D eigenvalue weighted by Crippen LogP contribution is -2.48. The summed E-state index contributed by atoms with van der Waals surface area (Å²) in [6.07, 6.45) is 3.23. The van der Waals surface area contributed by atoms with Gasteiger partial charge in [-0.1, -0.05) is 35.8 Å². The van der Waals surface area contributed by atoms with Crippen molar-refractivity contribution in [3.63, 3.8) is 0 Å². The van der Waals surface area contributed by atoms with Gasteiger partial charge in [-0.25, -0.2) is 4.98 Å². The minimum absolute atomic E-state index is 0.00678. The normalized spacial score (nSPS) is 17.4. The third-order valence-electron chi connectivity index (χ3n) is 6.59. The molecule has 1 saturated heterocycles. The van der Waals surface area contributed by atoms with Crippen LogP contribution in [0.1, 0.15) is 36.0 Å². The van der Waals surface area contributed by atoms with Gasteiger partial charge in [0.15, 0.2) is 5.58 Å². The third-order valence-corrected chi connectivity index (χ3v) is 6.80. The minimum atomic E-state index is -0.00678. The number of oxazole rings is 1. The lowest BCUT2D eigenvalue weighted by molar-refractivity contribution is 0.0745. The molecule has 2 aliphatic rings. The molecule has 0 N–H and O–H groups in total. The Kier molecular flexibility index (Phi) is 5.02. The van der Waals surface area contributed by atoms with Gasteiger partial charge in [-0.05, 0) is 42.5 Å². The zero-order valence-corrected chi connectivity index (χ0v) is 19.5. The lowest BCUT2D eigenvalue weighted by atomic mass is 10.1. The highest BCUT2D eigenvalue weighted by molar-refractivity contribution is 6.29. The van der Waals surface area contributed by atoms with Crippen LogP contribution in [-0.2, 0) is 6.42 Å². The number of piperazine rings is 1. The number of halogens is 1. The van der Waals surface area contributed by atoms with Crippen LogP contribution in [0.25, 0.3) is 22.6 Å². The van der Waals surface area contributed by atoms with Crippen molar-refractivity contribution >= 4 is 34.8 Å². The van der Waals surface area contributed by atoms with Crippen molar-refractivity contribution in [2.75, 3.05) is 31.1 Å². The van der Waals surface area contributed by atoms with Crippen LogP contribution in [0.4, 0.5) is 6.01 Å². The Labute approximate surface area is 200 Å². The van der Waals surface area contributed by atoms with E-state index in [4.69, 9.17) is 20.5 Å². The number of nitrogens with zero attached hydrogens (tertiary/aromatic N) is 6. The summed E-state index contributed by atoms with van der Waals surface area (Å²) < 4.78 is 11.2. The second kappa shape index (κ2) is 8.09. The molecular formula is C24H23ClN6O3. The van der Waals surface area contributed by atoms with Gasteiger partial charge in [-0.15, -0.1) is 0 Å². The van der Waals surface area contributed by atoms with E-state index in [-0.39, 0.29) is 5.91 Å². The van der Waals surface area contributed by atoms with Gasteiger partial charge in [-0.2, -0.15) is 9.97 Å². The molecule has 10 heteroatoms. The van der Waals surface area contributed by atoms with E-state index in [0.717, 1.165) is 12.0 Å². The summed E-state index contributed by atoms with van der Waals surface area (Å²) in [4.78, 5) is 30.0. The Bertz CT molecular complexity index is 1350. The molecule has 0 radical (unpaired) electrons. The molecule has 1 aliphatic carbocycles. The number of rotatable bonds is 5. The highest BCUT2D eigenvalue weighted by Crippen LogP contribution is 2.47. The van der Waals surface area contributed by atoms with Gasteiger partial charge in [-0.3, -0.25) is 4.79 Å². The molecule has 0 spiro atoms. The molecule has 4 aromatic rings. The van der Waals surface area contributed by atoms with E-state index >= 15 is 0 Å². The maximum absolute atomic E-state index is 13.0. The van der Waals surface area contributed by atoms with E-state index in [0.29, 0.717) is 71.3 Å². The molecule has 4 heterocycles. The number of anilines is 1. The highest BCUT2D eigenvalue weighted by Gasteiger charge is 2.39. The summed E-state index contributed by atoms with van der Waals surface area (Å²) in [7, 11) is 0. The van der Waals surface area contributed by atoms with Crippen molar-refractivity contribution in [2.24, 2.45) is 5.41 Å². The quantitative estimate of drug-likeness (QED) is 0.393. The Morgan fingerprint density at radius 2 is 1.79 bits per heavy atom. The summed E-state index contributed by atoms with van der Waals surface area (Å²) in [6, 6.07) is 11.3. The topological polar surface area (TPSA) is 101 Å². The van der Waals surface area contributed by atoms with Crippen LogP contribution in [0.15, 0.2) is 45.3 Å². The molecule has 1 aromatic carbocycles. The Balaban J connectivity index is 1.09. The fourth-order valence-corrected chi connectivity index (χ4v) is 4.31. The number of pyridine rings is 1. The largest absolute Gasteiger partial charge is 0.422 e. The van der Waals surface area contributed by atoms with E-state index in [1.165, 1.54) is 12.8 Å². The highest BCUT2D eigenvalue weighted by atomic mass is 35.5. The second-order valence-corrected chi connectivity index (χ2v) is 9.70. The number of benzene rings is 1. The first-order valence-electron chi connectivity index (χ1n) is 11.4. The van der Waals surface area contributed by atoms with Crippen LogP contribution in [0.5, 0.6) is 0 Å². The molecule has 1 aliphatic heterocycles. The van der Waals surface area contributed by atoms with Gasteiger partial charge >= 0.3 is 0 Å². The lowest BCUT2D eigenvalue weighted by Gasteiger charge is -2.33.